The number of aromatic hydroxyl groups is 1. The maximum absolute atomic E-state index is 13.3. The number of phenols is 1. The van der Waals surface area contributed by atoms with Gasteiger partial charge in [-0.05, 0) is 28.1 Å². The molecule has 1 aliphatic heterocycles. The molecule has 3 N–H and O–H groups in total. The summed E-state index contributed by atoms with van der Waals surface area (Å²) in [5.74, 6) is -2.58. The highest BCUT2D eigenvalue weighted by molar-refractivity contribution is 9.10. The highest BCUT2D eigenvalue weighted by Gasteiger charge is 2.38. The van der Waals surface area contributed by atoms with E-state index in [1.165, 1.54) is 42.1 Å². The van der Waals surface area contributed by atoms with Crippen molar-refractivity contribution in [2.24, 2.45) is 14.1 Å². The molecule has 0 saturated carbocycles. The number of halogens is 1. The minimum absolute atomic E-state index is 0.0322. The van der Waals surface area contributed by atoms with Gasteiger partial charge in [0.05, 0.1) is 17.8 Å². The number of carboxylic acids is 1. The van der Waals surface area contributed by atoms with Crippen LogP contribution in [0.15, 0.2) is 32.3 Å². The minimum Gasteiger partial charge on any atom is -0.505 e. The van der Waals surface area contributed by atoms with Crippen molar-refractivity contribution < 1.29 is 24.6 Å². The van der Waals surface area contributed by atoms with Crippen molar-refractivity contribution in [2.45, 2.75) is 6.04 Å². The van der Waals surface area contributed by atoms with Crippen LogP contribution in [-0.2, 0) is 18.9 Å². The molecule has 1 saturated heterocycles. The Morgan fingerprint density at radius 1 is 1.09 bits per heavy atom. The lowest BCUT2D eigenvalue weighted by atomic mass is 10.1. The number of carboxylic acid groups (broad SMARTS) is 1. The zero-order chi connectivity index (χ0) is 26.2. The van der Waals surface area contributed by atoms with Crippen molar-refractivity contribution in [3.63, 3.8) is 0 Å². The highest BCUT2D eigenvalue weighted by Crippen LogP contribution is 2.32. The van der Waals surface area contributed by atoms with Crippen LogP contribution >= 0.6 is 15.9 Å². The molecule has 3 rings (SSSR count). The summed E-state index contributed by atoms with van der Waals surface area (Å²) in [4.78, 5) is 66.2. The van der Waals surface area contributed by atoms with Crippen LogP contribution < -0.4 is 16.4 Å². The predicted octanol–water partition coefficient (Wildman–Crippen LogP) is 0.188. The number of nitrogens with one attached hydrogen (secondary N) is 1. The Labute approximate surface area is 207 Å². The molecule has 2 heterocycles. The number of rotatable bonds is 4. The zero-order valence-electron chi connectivity index (χ0n) is 19.5. The maximum atomic E-state index is 13.3. The molecule has 2 aromatic rings. The van der Waals surface area contributed by atoms with Crippen molar-refractivity contribution in [2.75, 3.05) is 39.0 Å². The van der Waals surface area contributed by atoms with Crippen LogP contribution in [0.5, 0.6) is 5.75 Å². The Morgan fingerprint density at radius 2 is 1.71 bits per heavy atom. The van der Waals surface area contributed by atoms with E-state index in [0.29, 0.717) is 0 Å². The summed E-state index contributed by atoms with van der Waals surface area (Å²) in [5, 5.41) is 23.2. The molecule has 35 heavy (non-hydrogen) atoms. The number of carbonyl (C=O) groups is 3. The van der Waals surface area contributed by atoms with E-state index in [-0.39, 0.29) is 47.1 Å². The van der Waals surface area contributed by atoms with Gasteiger partial charge < -0.3 is 30.2 Å². The molecular formula is C21H25BrN6O7. The van der Waals surface area contributed by atoms with E-state index in [1.807, 2.05) is 0 Å². The van der Waals surface area contributed by atoms with E-state index in [2.05, 4.69) is 21.2 Å². The standard InChI is InChI=1S/C21H25BrN6O7/c1-24(2)21(35)27-8-9-28(13(10-27)20(33)34)17(30)11-6-5-7-12(16(11)29)23-15-14(22)18(31)25(3)26(4)19(15)32/h5-7,13,23,29H,8-10H2,1-4H3,(H,33,34). The van der Waals surface area contributed by atoms with Crippen LogP contribution in [0.2, 0.25) is 0 Å². The molecule has 1 fully saturated rings. The van der Waals surface area contributed by atoms with Crippen LogP contribution in [-0.4, -0.2) is 92.0 Å². The number of aliphatic carboxylic acids is 1. The van der Waals surface area contributed by atoms with Crippen LogP contribution in [0.3, 0.4) is 0 Å². The molecule has 0 spiro atoms. The van der Waals surface area contributed by atoms with Crippen molar-refractivity contribution in [3.05, 3.63) is 48.9 Å². The third-order valence-corrected chi connectivity index (χ3v) is 6.50. The molecule has 3 amide bonds. The summed E-state index contributed by atoms with van der Waals surface area (Å²) in [6, 6.07) is 2.46. The minimum atomic E-state index is -1.32. The molecule has 0 aliphatic carbocycles. The number of carbonyl (C=O) groups excluding carboxylic acids is 2. The van der Waals surface area contributed by atoms with Gasteiger partial charge in [0, 0.05) is 41.3 Å². The third kappa shape index (κ3) is 4.73. The van der Waals surface area contributed by atoms with Gasteiger partial charge >= 0.3 is 12.0 Å². The van der Waals surface area contributed by atoms with Crippen molar-refractivity contribution in [1.82, 2.24) is 24.1 Å². The number of hydrogen-bond donors (Lipinski definition) is 3. The van der Waals surface area contributed by atoms with Gasteiger partial charge in [0.2, 0.25) is 0 Å². The maximum Gasteiger partial charge on any atom is 0.328 e. The van der Waals surface area contributed by atoms with E-state index in [1.54, 1.807) is 14.1 Å². The highest BCUT2D eigenvalue weighted by atomic mass is 79.9. The number of phenolic OH excluding ortho intramolecular Hbond substituents is 1. The molecule has 188 valence electrons. The lowest BCUT2D eigenvalue weighted by Crippen LogP contribution is -2.60. The fourth-order valence-corrected chi connectivity index (χ4v) is 4.21. The summed E-state index contributed by atoms with van der Waals surface area (Å²) >= 11 is 3.09. The van der Waals surface area contributed by atoms with Gasteiger partial charge in [-0.2, -0.15) is 0 Å². The Hall–Kier alpha value is -3.81. The quantitative estimate of drug-likeness (QED) is 0.453. The summed E-state index contributed by atoms with van der Waals surface area (Å²) in [5.41, 5.74) is -1.45. The van der Waals surface area contributed by atoms with Crippen molar-refractivity contribution in [3.8, 4) is 5.75 Å². The fraction of sp³-hybridized carbons (Fsp3) is 0.381. The average molecular weight is 553 g/mol. The second kappa shape index (κ2) is 9.82. The zero-order valence-corrected chi connectivity index (χ0v) is 21.1. The number of anilines is 2. The lowest BCUT2D eigenvalue weighted by molar-refractivity contribution is -0.144. The van der Waals surface area contributed by atoms with E-state index in [0.717, 1.165) is 14.3 Å². The summed E-state index contributed by atoms with van der Waals surface area (Å²) in [7, 11) is 5.90. The molecule has 1 atom stereocenters. The van der Waals surface area contributed by atoms with Gasteiger partial charge in [-0.1, -0.05) is 6.07 Å². The van der Waals surface area contributed by atoms with E-state index in [4.69, 9.17) is 0 Å². The van der Waals surface area contributed by atoms with Crippen LogP contribution in [0, 0.1) is 0 Å². The molecular weight excluding hydrogens is 528 g/mol. The number of para-hydroxylation sites is 1. The molecule has 1 unspecified atom stereocenters. The molecule has 0 radical (unpaired) electrons. The van der Waals surface area contributed by atoms with E-state index in [9.17, 15) is 34.2 Å². The molecule has 1 aliphatic rings. The summed E-state index contributed by atoms with van der Waals surface area (Å²) < 4.78 is 2.12. The first-order valence-electron chi connectivity index (χ1n) is 10.4. The molecule has 14 heteroatoms. The second-order valence-corrected chi connectivity index (χ2v) is 8.94. The van der Waals surface area contributed by atoms with Gasteiger partial charge in [-0.15, -0.1) is 0 Å². The molecule has 1 aromatic heterocycles. The number of aromatic nitrogens is 2. The number of urea groups is 1. The van der Waals surface area contributed by atoms with Crippen LogP contribution in [0.25, 0.3) is 0 Å². The van der Waals surface area contributed by atoms with Crippen LogP contribution in [0.1, 0.15) is 10.4 Å². The Morgan fingerprint density at radius 3 is 2.31 bits per heavy atom. The van der Waals surface area contributed by atoms with Gasteiger partial charge in [-0.25, -0.2) is 19.0 Å². The number of piperazine rings is 1. The van der Waals surface area contributed by atoms with Gasteiger partial charge in [0.1, 0.15) is 16.2 Å². The molecule has 0 bridgehead atoms. The largest absolute Gasteiger partial charge is 0.505 e. The van der Waals surface area contributed by atoms with Gasteiger partial charge in [-0.3, -0.25) is 14.4 Å². The van der Waals surface area contributed by atoms with Crippen molar-refractivity contribution in [1.29, 1.82) is 0 Å². The average Bonchev–Trinajstić information content (AvgIpc) is 2.83. The van der Waals surface area contributed by atoms with E-state index >= 15 is 0 Å². The predicted molar refractivity (Wildman–Crippen MR) is 129 cm³/mol. The monoisotopic (exact) mass is 552 g/mol. The Bertz CT molecular complexity index is 1320. The van der Waals surface area contributed by atoms with Crippen LogP contribution in [0.4, 0.5) is 16.2 Å². The topological polar surface area (TPSA) is 157 Å². The Balaban J connectivity index is 1.95. The first-order chi connectivity index (χ1) is 16.4. The second-order valence-electron chi connectivity index (χ2n) is 8.15. The Kier molecular flexibility index (Phi) is 7.24. The fourth-order valence-electron chi connectivity index (χ4n) is 3.69. The normalized spacial score (nSPS) is 15.6. The number of nitrogens with zero attached hydrogens (tertiary/aromatic N) is 5. The van der Waals surface area contributed by atoms with E-state index < -0.39 is 34.8 Å². The molecule has 13 nitrogen and oxygen atoms in total. The summed E-state index contributed by atoms with van der Waals surface area (Å²) in [6.45, 7) is -0.165. The third-order valence-electron chi connectivity index (χ3n) is 5.76. The first kappa shape index (κ1) is 25.8. The molecule has 1 aromatic carbocycles. The van der Waals surface area contributed by atoms with Gasteiger partial charge in [0.25, 0.3) is 17.0 Å². The van der Waals surface area contributed by atoms with Gasteiger partial charge in [0.15, 0.2) is 5.75 Å². The number of hydrogen-bond acceptors (Lipinski definition) is 7. The first-order valence-corrected chi connectivity index (χ1v) is 11.2. The number of benzene rings is 1. The smallest absolute Gasteiger partial charge is 0.328 e. The SMILES string of the molecule is CN(C)C(=O)N1CCN(C(=O)c2cccc(Nc3c(Br)c(=O)n(C)n(C)c3=O)c2O)C(C(=O)O)C1. The lowest BCUT2D eigenvalue weighted by Gasteiger charge is -2.40. The summed E-state index contributed by atoms with van der Waals surface area (Å²) in [6.07, 6.45) is 0. The van der Waals surface area contributed by atoms with Crippen molar-refractivity contribution >= 4 is 45.2 Å². The number of amides is 3.